The van der Waals surface area contributed by atoms with Crippen LogP contribution in [-0.4, -0.2) is 40.9 Å². The maximum atomic E-state index is 11.4. The Morgan fingerprint density at radius 1 is 1.58 bits per heavy atom. The third-order valence-corrected chi connectivity index (χ3v) is 2.42. The molecule has 9 heteroatoms. The predicted octanol–water partition coefficient (Wildman–Crippen LogP) is -0.0706. The molecule has 0 aliphatic heterocycles. The minimum Gasteiger partial charge on any atom is -0.378 e. The van der Waals surface area contributed by atoms with Crippen molar-refractivity contribution in [2.45, 2.75) is 13.3 Å². The van der Waals surface area contributed by atoms with Crippen LogP contribution in [0.2, 0.25) is 0 Å². The van der Waals surface area contributed by atoms with Crippen molar-refractivity contribution in [3.63, 3.8) is 0 Å². The van der Waals surface area contributed by atoms with Gasteiger partial charge in [-0.05, 0) is 6.42 Å². The zero-order valence-corrected chi connectivity index (χ0v) is 10.8. The highest BCUT2D eigenvalue weighted by molar-refractivity contribution is 5.82. The van der Waals surface area contributed by atoms with Crippen molar-refractivity contribution in [2.75, 3.05) is 30.8 Å². The Bertz CT molecular complexity index is 478. The third-order valence-electron chi connectivity index (χ3n) is 2.42. The topological polar surface area (TPSA) is 127 Å². The molecule has 1 heterocycles. The number of hydrogen-bond acceptors (Lipinski definition) is 7. The van der Waals surface area contributed by atoms with E-state index in [4.69, 9.17) is 5.73 Å². The summed E-state index contributed by atoms with van der Waals surface area (Å²) >= 11 is 0. The molecule has 19 heavy (non-hydrogen) atoms. The molecule has 1 amide bonds. The molecular formula is C10H16N6O3. The van der Waals surface area contributed by atoms with Gasteiger partial charge in [-0.25, -0.2) is 9.97 Å². The van der Waals surface area contributed by atoms with E-state index in [1.165, 1.54) is 11.9 Å². The molecule has 0 bridgehead atoms. The molecule has 0 aliphatic rings. The van der Waals surface area contributed by atoms with Crippen molar-refractivity contribution in [2.24, 2.45) is 0 Å². The van der Waals surface area contributed by atoms with Crippen LogP contribution in [0.5, 0.6) is 0 Å². The molecule has 0 radical (unpaired) electrons. The Labute approximate surface area is 110 Å². The van der Waals surface area contributed by atoms with E-state index < -0.39 is 4.92 Å². The molecule has 1 rings (SSSR count). The van der Waals surface area contributed by atoms with Crippen molar-refractivity contribution in [1.82, 2.24) is 15.3 Å². The Morgan fingerprint density at radius 2 is 2.26 bits per heavy atom. The highest BCUT2D eigenvalue weighted by atomic mass is 16.6. The number of nitrogens with two attached hydrogens (primary N) is 1. The van der Waals surface area contributed by atoms with Crippen molar-refractivity contribution >= 4 is 23.2 Å². The van der Waals surface area contributed by atoms with Gasteiger partial charge in [-0.1, -0.05) is 6.92 Å². The molecule has 0 saturated heterocycles. The zero-order chi connectivity index (χ0) is 14.4. The SMILES string of the molecule is CCCN(CC(=O)NC)c1ncnc(N)c1[N+](=O)[O-]. The van der Waals surface area contributed by atoms with Gasteiger partial charge in [-0.15, -0.1) is 0 Å². The monoisotopic (exact) mass is 268 g/mol. The normalized spacial score (nSPS) is 10.0. The minimum absolute atomic E-state index is 0.0262. The summed E-state index contributed by atoms with van der Waals surface area (Å²) in [6.45, 7) is 2.32. The average Bonchev–Trinajstić information content (AvgIpc) is 2.37. The molecule has 104 valence electrons. The second-order valence-corrected chi connectivity index (χ2v) is 3.78. The van der Waals surface area contributed by atoms with Crippen LogP contribution in [0.4, 0.5) is 17.3 Å². The average molecular weight is 268 g/mol. The number of carbonyl (C=O) groups is 1. The number of hydrogen-bond donors (Lipinski definition) is 2. The first kappa shape index (κ1) is 14.6. The van der Waals surface area contributed by atoms with E-state index in [9.17, 15) is 14.9 Å². The molecule has 1 aromatic rings. The summed E-state index contributed by atoms with van der Waals surface area (Å²) in [5.74, 6) is -0.420. The maximum absolute atomic E-state index is 11.4. The van der Waals surface area contributed by atoms with E-state index in [0.29, 0.717) is 13.0 Å². The number of amides is 1. The molecule has 0 aliphatic carbocycles. The maximum Gasteiger partial charge on any atom is 0.353 e. The lowest BCUT2D eigenvalue weighted by Gasteiger charge is -2.21. The van der Waals surface area contributed by atoms with Crippen molar-refractivity contribution < 1.29 is 9.72 Å². The lowest BCUT2D eigenvalue weighted by Crippen LogP contribution is -2.37. The number of likely N-dealkylation sites (N-methyl/N-ethyl adjacent to an activating group) is 1. The highest BCUT2D eigenvalue weighted by Gasteiger charge is 2.26. The van der Waals surface area contributed by atoms with Crippen LogP contribution in [0.25, 0.3) is 0 Å². The standard InChI is InChI=1S/C10H16N6O3/c1-3-4-15(5-7(17)12-2)10-8(16(18)19)9(11)13-6-14-10/h6H,3-5H2,1-2H3,(H,12,17)(H2,11,13,14). The molecule has 0 spiro atoms. The van der Waals surface area contributed by atoms with Crippen LogP contribution in [0.15, 0.2) is 6.33 Å². The van der Waals surface area contributed by atoms with Crippen LogP contribution in [0.1, 0.15) is 13.3 Å². The molecule has 0 saturated carbocycles. The van der Waals surface area contributed by atoms with Crippen LogP contribution >= 0.6 is 0 Å². The summed E-state index contributed by atoms with van der Waals surface area (Å²) in [6.07, 6.45) is 1.85. The lowest BCUT2D eigenvalue weighted by atomic mass is 10.3. The quantitative estimate of drug-likeness (QED) is 0.546. The molecule has 0 aromatic carbocycles. The number of carbonyl (C=O) groups excluding carboxylic acids is 1. The van der Waals surface area contributed by atoms with Gasteiger partial charge in [0, 0.05) is 13.6 Å². The molecule has 3 N–H and O–H groups in total. The van der Waals surface area contributed by atoms with Crippen molar-refractivity contribution in [1.29, 1.82) is 0 Å². The second kappa shape index (κ2) is 6.47. The van der Waals surface area contributed by atoms with Gasteiger partial charge in [0.1, 0.15) is 6.33 Å². The van der Waals surface area contributed by atoms with E-state index in [-0.39, 0.29) is 29.8 Å². The van der Waals surface area contributed by atoms with Crippen LogP contribution in [-0.2, 0) is 4.79 Å². The van der Waals surface area contributed by atoms with Gasteiger partial charge < -0.3 is 16.0 Å². The lowest BCUT2D eigenvalue weighted by molar-refractivity contribution is -0.383. The van der Waals surface area contributed by atoms with Crippen LogP contribution in [0.3, 0.4) is 0 Å². The molecule has 0 fully saturated rings. The largest absolute Gasteiger partial charge is 0.378 e. The Hall–Kier alpha value is -2.45. The van der Waals surface area contributed by atoms with Gasteiger partial charge >= 0.3 is 5.69 Å². The van der Waals surface area contributed by atoms with Gasteiger partial charge in [0.25, 0.3) is 0 Å². The van der Waals surface area contributed by atoms with Crippen LogP contribution < -0.4 is 16.0 Å². The van der Waals surface area contributed by atoms with E-state index >= 15 is 0 Å². The summed E-state index contributed by atoms with van der Waals surface area (Å²) in [6, 6.07) is 0. The van der Waals surface area contributed by atoms with E-state index in [2.05, 4.69) is 15.3 Å². The number of aromatic nitrogens is 2. The minimum atomic E-state index is -0.642. The Balaban J connectivity index is 3.18. The first-order valence-corrected chi connectivity index (χ1v) is 5.71. The fourth-order valence-corrected chi connectivity index (χ4v) is 1.57. The van der Waals surface area contributed by atoms with Gasteiger partial charge in [-0.3, -0.25) is 14.9 Å². The smallest absolute Gasteiger partial charge is 0.353 e. The second-order valence-electron chi connectivity index (χ2n) is 3.78. The summed E-state index contributed by atoms with van der Waals surface area (Å²) in [5.41, 5.74) is 5.12. The van der Waals surface area contributed by atoms with E-state index in [0.717, 1.165) is 6.33 Å². The third kappa shape index (κ3) is 3.50. The number of anilines is 2. The fraction of sp³-hybridized carbons (Fsp3) is 0.500. The first-order chi connectivity index (χ1) is 9.01. The molecular weight excluding hydrogens is 252 g/mol. The van der Waals surface area contributed by atoms with Crippen molar-refractivity contribution in [3.8, 4) is 0 Å². The van der Waals surface area contributed by atoms with Gasteiger partial charge in [-0.2, -0.15) is 0 Å². The van der Waals surface area contributed by atoms with Crippen LogP contribution in [0, 0.1) is 10.1 Å². The first-order valence-electron chi connectivity index (χ1n) is 5.71. The molecule has 0 unspecified atom stereocenters. The number of nitrogens with zero attached hydrogens (tertiary/aromatic N) is 4. The van der Waals surface area contributed by atoms with E-state index in [1.807, 2.05) is 6.92 Å². The molecule has 0 atom stereocenters. The Kier molecular flexibility index (Phi) is 4.98. The number of rotatable bonds is 6. The van der Waals surface area contributed by atoms with Gasteiger partial charge in [0.05, 0.1) is 11.5 Å². The number of nitrogens with one attached hydrogen (secondary N) is 1. The number of nitrogen functional groups attached to an aromatic ring is 1. The Morgan fingerprint density at radius 3 is 2.79 bits per heavy atom. The van der Waals surface area contributed by atoms with E-state index in [1.54, 1.807) is 0 Å². The molecule has 1 aromatic heterocycles. The van der Waals surface area contributed by atoms with Gasteiger partial charge in [0.2, 0.25) is 17.5 Å². The summed E-state index contributed by atoms with van der Waals surface area (Å²) in [5, 5.41) is 13.5. The summed E-state index contributed by atoms with van der Waals surface area (Å²) < 4.78 is 0. The molecule has 9 nitrogen and oxygen atoms in total. The van der Waals surface area contributed by atoms with Gasteiger partial charge in [0.15, 0.2) is 0 Å². The summed E-state index contributed by atoms with van der Waals surface area (Å²) in [7, 11) is 1.50. The fourth-order valence-electron chi connectivity index (χ4n) is 1.57. The van der Waals surface area contributed by atoms with Crippen molar-refractivity contribution in [3.05, 3.63) is 16.4 Å². The zero-order valence-electron chi connectivity index (χ0n) is 10.8. The predicted molar refractivity (Wildman–Crippen MR) is 69.7 cm³/mol. The summed E-state index contributed by atoms with van der Waals surface area (Å²) in [4.78, 5) is 30.8. The highest BCUT2D eigenvalue weighted by Crippen LogP contribution is 2.29. The number of nitro groups is 1.